The third-order valence-electron chi connectivity index (χ3n) is 9.79. The Hall–Kier alpha value is -6.54. The molecular weight excluding hydrogens is 747 g/mol. The van der Waals surface area contributed by atoms with Gasteiger partial charge in [-0.3, -0.25) is 9.59 Å². The second-order valence-electron chi connectivity index (χ2n) is 14.3. The first-order valence-electron chi connectivity index (χ1n) is 18.0. The van der Waals surface area contributed by atoms with Crippen molar-refractivity contribution >= 4 is 44.3 Å². The number of carbonyl (C=O) groups excluding carboxylic acids is 2. The number of ether oxygens (including phenoxy) is 1. The van der Waals surface area contributed by atoms with Gasteiger partial charge in [0.05, 0.1) is 17.7 Å². The molecule has 0 saturated heterocycles. The van der Waals surface area contributed by atoms with Gasteiger partial charge in [-0.25, -0.2) is 17.8 Å². The number of carboxylic acids is 1. The Morgan fingerprint density at radius 3 is 2.04 bits per heavy atom. The molecule has 13 nitrogen and oxygen atoms in total. The molecule has 294 valence electrons. The number of hydrogen-bond acceptors (Lipinski definition) is 8. The molecule has 6 rings (SSSR count). The smallest absolute Gasteiger partial charge is 0.374 e. The van der Waals surface area contributed by atoms with Crippen LogP contribution in [-0.2, 0) is 16.9 Å². The van der Waals surface area contributed by atoms with Gasteiger partial charge in [-0.1, -0.05) is 6.07 Å². The van der Waals surface area contributed by atoms with Crippen LogP contribution in [0, 0.1) is 0 Å². The van der Waals surface area contributed by atoms with Crippen LogP contribution in [0.25, 0.3) is 33.4 Å². The number of anilines is 1. The van der Waals surface area contributed by atoms with Gasteiger partial charge in [0.15, 0.2) is 0 Å². The lowest BCUT2D eigenvalue weighted by atomic mass is 9.89. The molecule has 0 radical (unpaired) electrons. The van der Waals surface area contributed by atoms with E-state index in [0.717, 1.165) is 28.3 Å². The fourth-order valence-electron chi connectivity index (χ4n) is 6.54. The van der Waals surface area contributed by atoms with Crippen molar-refractivity contribution in [3.8, 4) is 34.1 Å². The molecule has 4 aromatic rings. The molecule has 0 fully saturated rings. The number of fused-ring (bicyclic) bond motifs is 2. The summed E-state index contributed by atoms with van der Waals surface area (Å²) in [7, 11) is 9.08. The third kappa shape index (κ3) is 8.36. The molecule has 3 aromatic carbocycles. The predicted molar refractivity (Wildman–Crippen MR) is 218 cm³/mol. The minimum absolute atomic E-state index is 0.0343. The summed E-state index contributed by atoms with van der Waals surface area (Å²) in [5, 5.41) is 12.2. The highest BCUT2D eigenvalue weighted by molar-refractivity contribution is 7.90. The number of aromatic nitrogens is 1. The summed E-state index contributed by atoms with van der Waals surface area (Å²) in [4.78, 5) is 44.7. The van der Waals surface area contributed by atoms with Gasteiger partial charge in [-0.15, -0.1) is 0 Å². The van der Waals surface area contributed by atoms with E-state index in [0.29, 0.717) is 39.7 Å². The average molecular weight is 792 g/mol. The first-order chi connectivity index (χ1) is 26.9. The van der Waals surface area contributed by atoms with E-state index in [4.69, 9.17) is 9.15 Å². The molecule has 0 spiro atoms. The number of hydrogen-bond donors (Lipinski definition) is 1. The van der Waals surface area contributed by atoms with Crippen LogP contribution >= 0.6 is 0 Å². The van der Waals surface area contributed by atoms with Gasteiger partial charge in [0.25, 0.3) is 16.8 Å². The van der Waals surface area contributed by atoms with Crippen molar-refractivity contribution in [1.82, 2.24) is 14.4 Å². The maximum absolute atomic E-state index is 13.7. The maximum atomic E-state index is 13.7. The lowest BCUT2D eigenvalue weighted by molar-refractivity contribution is -0.713. The largest absolute Gasteiger partial charge is 0.478 e. The van der Waals surface area contributed by atoms with Crippen LogP contribution in [0.1, 0.15) is 31.1 Å². The van der Waals surface area contributed by atoms with E-state index >= 15 is 0 Å². The number of sulfone groups is 1. The highest BCUT2D eigenvalue weighted by atomic mass is 32.2. The van der Waals surface area contributed by atoms with E-state index in [1.54, 1.807) is 69.7 Å². The zero-order valence-electron chi connectivity index (χ0n) is 33.1. The number of likely N-dealkylation sites (N-methyl/N-ethyl adjacent to an activating group) is 2. The molecule has 0 unspecified atom stereocenters. The number of carbonyl (C=O) groups is 3. The van der Waals surface area contributed by atoms with Crippen molar-refractivity contribution in [2.24, 2.45) is 7.05 Å². The summed E-state index contributed by atoms with van der Waals surface area (Å²) >= 11 is 0. The van der Waals surface area contributed by atoms with Crippen LogP contribution in [0.15, 0.2) is 107 Å². The summed E-state index contributed by atoms with van der Waals surface area (Å²) in [5.74, 6) is -0.560. The quantitative estimate of drug-likeness (QED) is 0.144. The Morgan fingerprint density at radius 1 is 0.789 bits per heavy atom. The molecule has 2 aliphatic rings. The lowest BCUT2D eigenvalue weighted by Gasteiger charge is -2.23. The van der Waals surface area contributed by atoms with Crippen LogP contribution in [-0.4, -0.2) is 103 Å². The number of amides is 2. The molecule has 0 atom stereocenters. The zero-order valence-corrected chi connectivity index (χ0v) is 33.9. The number of nitrogens with zero attached hydrogens (tertiary/aromatic N) is 5. The topological polar surface area (TPSA) is 145 Å². The molecule has 2 amide bonds. The molecule has 1 aromatic heterocycles. The Morgan fingerprint density at radius 2 is 1.42 bits per heavy atom. The molecule has 1 aliphatic carbocycles. The fraction of sp³-hybridized carbons (Fsp3) is 0.233. The summed E-state index contributed by atoms with van der Waals surface area (Å²) in [6.07, 6.45) is 1.12. The number of rotatable bonds is 11. The fourth-order valence-corrected chi connectivity index (χ4v) is 7.45. The van der Waals surface area contributed by atoms with Crippen molar-refractivity contribution in [3.63, 3.8) is 0 Å². The molecular formula is C43H45N5O8S+2. The third-order valence-corrected chi connectivity index (χ3v) is 11.0. The average Bonchev–Trinajstić information content (AvgIpc) is 3.18. The normalized spacial score (nSPS) is 11.4. The molecule has 0 bridgehead atoms. The number of pyridine rings is 1. The summed E-state index contributed by atoms with van der Waals surface area (Å²) in [6.45, 7) is 0.379. The highest BCUT2D eigenvalue weighted by Crippen LogP contribution is 2.42. The first-order valence-corrected chi connectivity index (χ1v) is 19.9. The molecule has 1 N–H and O–H groups in total. The molecule has 57 heavy (non-hydrogen) atoms. The standard InChI is InChI=1S/C43H44N5O8S/c1-44(2)29-15-20-33-36(25-29)56-37-26-30(45(3)4)16-21-34(37)40(33)32-19-14-28(24-35(32)43(51)52)42(50)47(6)23-22-46(5)41(49)27-12-17-31(18-13-27)55-38-10-9-11-39(48(38)7)57(8,53)54/h9-21,24-26H,22-23H2,1-8H3/q+1/p+1. The molecule has 0 saturated carbocycles. The number of carboxylic acid groups (broad SMARTS) is 1. The van der Waals surface area contributed by atoms with E-state index in [2.05, 4.69) is 0 Å². The van der Waals surface area contributed by atoms with E-state index in [1.165, 1.54) is 26.5 Å². The van der Waals surface area contributed by atoms with Gasteiger partial charge < -0.3 is 29.0 Å². The van der Waals surface area contributed by atoms with Crippen molar-refractivity contribution in [2.45, 2.75) is 5.03 Å². The van der Waals surface area contributed by atoms with E-state index in [1.807, 2.05) is 74.1 Å². The van der Waals surface area contributed by atoms with Gasteiger partial charge in [-0.2, -0.15) is 4.57 Å². The summed E-state index contributed by atoms with van der Waals surface area (Å²) in [5.41, 5.74) is 3.91. The Kier molecular flexibility index (Phi) is 11.2. The van der Waals surface area contributed by atoms with E-state index < -0.39 is 21.7 Å². The second-order valence-corrected chi connectivity index (χ2v) is 16.3. The van der Waals surface area contributed by atoms with Crippen LogP contribution in [0.2, 0.25) is 0 Å². The van der Waals surface area contributed by atoms with Crippen LogP contribution < -0.4 is 24.1 Å². The lowest BCUT2D eigenvalue weighted by Crippen LogP contribution is -2.37. The SMILES string of the molecule is CN(CCN(C)C(=O)c1ccc(-c2c3ccc(=[N+](C)C)cc-3oc3cc(N(C)C)ccc23)c(C(=O)O)c1)C(=O)c1ccc(Oc2cccc(S(C)(=O)=O)[n+]2C)cc1. The Bertz CT molecular complexity index is 2700. The van der Waals surface area contributed by atoms with Gasteiger partial charge in [0.2, 0.25) is 15.2 Å². The molecule has 14 heteroatoms. The second kappa shape index (κ2) is 15.9. The van der Waals surface area contributed by atoms with Gasteiger partial charge in [0, 0.05) is 99.1 Å². The summed E-state index contributed by atoms with van der Waals surface area (Å²) < 4.78 is 39.9. The Balaban J connectivity index is 1.20. The number of benzene rings is 4. The maximum Gasteiger partial charge on any atom is 0.374 e. The van der Waals surface area contributed by atoms with Crippen molar-refractivity contribution in [1.29, 1.82) is 0 Å². The van der Waals surface area contributed by atoms with Gasteiger partial charge in [0.1, 0.15) is 38.2 Å². The van der Waals surface area contributed by atoms with E-state index in [-0.39, 0.29) is 35.1 Å². The van der Waals surface area contributed by atoms with E-state index in [9.17, 15) is 27.9 Å². The van der Waals surface area contributed by atoms with Crippen LogP contribution in [0.4, 0.5) is 5.69 Å². The highest BCUT2D eigenvalue weighted by Gasteiger charge is 2.26. The molecule has 1 aliphatic heterocycles. The summed E-state index contributed by atoms with van der Waals surface area (Å²) in [6, 6.07) is 27.4. The van der Waals surface area contributed by atoms with Crippen LogP contribution in [0.3, 0.4) is 0 Å². The first kappa shape index (κ1) is 40.1. The van der Waals surface area contributed by atoms with Crippen molar-refractivity contribution in [2.75, 3.05) is 66.5 Å². The van der Waals surface area contributed by atoms with Gasteiger partial charge >= 0.3 is 11.8 Å². The minimum Gasteiger partial charge on any atom is -0.478 e. The molecule has 2 heterocycles. The van der Waals surface area contributed by atoms with Crippen LogP contribution in [0.5, 0.6) is 11.6 Å². The number of aromatic carboxylic acids is 1. The minimum atomic E-state index is -3.47. The van der Waals surface area contributed by atoms with Crippen molar-refractivity contribution < 1.29 is 41.6 Å². The van der Waals surface area contributed by atoms with Gasteiger partial charge in [-0.05, 0) is 66.2 Å². The predicted octanol–water partition coefficient (Wildman–Crippen LogP) is 4.87. The zero-order chi connectivity index (χ0) is 41.3. The van der Waals surface area contributed by atoms with Crippen molar-refractivity contribution in [3.05, 3.63) is 119 Å². The Labute approximate surface area is 331 Å². The monoisotopic (exact) mass is 791 g/mol.